The predicted molar refractivity (Wildman–Crippen MR) is 75.8 cm³/mol. The molecule has 1 fully saturated rings. The van der Waals surface area contributed by atoms with Gasteiger partial charge in [0.15, 0.2) is 6.04 Å². The van der Waals surface area contributed by atoms with Crippen LogP contribution in [0.2, 0.25) is 0 Å². The number of carbonyl (C=O) groups is 2. The van der Waals surface area contributed by atoms with Crippen LogP contribution >= 0.6 is 0 Å². The van der Waals surface area contributed by atoms with Gasteiger partial charge < -0.3 is 14.7 Å². The van der Waals surface area contributed by atoms with Crippen molar-refractivity contribution in [3.63, 3.8) is 0 Å². The molecular weight excluding hydrogens is 270 g/mol. The molecule has 5 nitrogen and oxygen atoms in total. The van der Waals surface area contributed by atoms with Gasteiger partial charge in [0, 0.05) is 13.2 Å². The van der Waals surface area contributed by atoms with Gasteiger partial charge in [0.25, 0.3) is 0 Å². The van der Waals surface area contributed by atoms with Crippen LogP contribution in [0.25, 0.3) is 0 Å². The van der Waals surface area contributed by atoms with E-state index in [-0.39, 0.29) is 17.9 Å². The molecule has 2 aliphatic rings. The first-order valence-corrected chi connectivity index (χ1v) is 7.32. The fourth-order valence-corrected chi connectivity index (χ4v) is 3.34. The number of hydrogen-bond acceptors (Lipinski definition) is 3. The molecule has 0 bridgehead atoms. The van der Waals surface area contributed by atoms with Crippen molar-refractivity contribution in [2.75, 3.05) is 13.2 Å². The van der Waals surface area contributed by atoms with Gasteiger partial charge in [-0.25, -0.2) is 4.79 Å². The Hall–Kier alpha value is -1.88. The first kappa shape index (κ1) is 14.1. The minimum absolute atomic E-state index is 0.0955. The van der Waals surface area contributed by atoms with Crippen LogP contribution in [0, 0.1) is 5.92 Å². The topological polar surface area (TPSA) is 66.8 Å². The number of rotatable bonds is 2. The second-order valence-electron chi connectivity index (χ2n) is 5.69. The zero-order valence-electron chi connectivity index (χ0n) is 12.0. The van der Waals surface area contributed by atoms with Gasteiger partial charge in [0.2, 0.25) is 5.91 Å². The van der Waals surface area contributed by atoms with E-state index < -0.39 is 12.0 Å². The van der Waals surface area contributed by atoms with Crippen LogP contribution in [0.3, 0.4) is 0 Å². The number of carbonyl (C=O) groups excluding carboxylic acids is 1. The van der Waals surface area contributed by atoms with Gasteiger partial charge in [0.05, 0.1) is 12.0 Å². The summed E-state index contributed by atoms with van der Waals surface area (Å²) in [6.45, 7) is 2.90. The molecule has 3 rings (SSSR count). The lowest BCUT2D eigenvalue weighted by atomic mass is 9.90. The minimum atomic E-state index is -0.970. The first-order chi connectivity index (χ1) is 10.1. The summed E-state index contributed by atoms with van der Waals surface area (Å²) < 4.78 is 5.45. The molecule has 0 saturated carbocycles. The molecule has 3 atom stereocenters. The first-order valence-electron chi connectivity index (χ1n) is 7.32. The number of ether oxygens (including phenoxy) is 1. The fraction of sp³-hybridized carbons (Fsp3) is 0.500. The number of aliphatic carboxylic acids is 1. The SMILES string of the molecule is CC1OCCC1C(=O)N1CCc2ccccc2C1C(=O)O. The quantitative estimate of drug-likeness (QED) is 0.898. The number of carboxylic acids is 1. The third-order valence-corrected chi connectivity index (χ3v) is 4.49. The molecule has 0 aliphatic carbocycles. The molecule has 3 unspecified atom stereocenters. The van der Waals surface area contributed by atoms with E-state index in [4.69, 9.17) is 4.74 Å². The predicted octanol–water partition coefficient (Wildman–Crippen LogP) is 1.62. The van der Waals surface area contributed by atoms with E-state index in [0.717, 1.165) is 11.1 Å². The number of benzene rings is 1. The molecule has 0 spiro atoms. The summed E-state index contributed by atoms with van der Waals surface area (Å²) in [4.78, 5) is 25.9. The third-order valence-electron chi connectivity index (χ3n) is 4.49. The number of nitrogens with zero attached hydrogens (tertiary/aromatic N) is 1. The monoisotopic (exact) mass is 289 g/mol. The van der Waals surface area contributed by atoms with E-state index >= 15 is 0 Å². The van der Waals surface area contributed by atoms with Crippen LogP contribution in [0.1, 0.15) is 30.5 Å². The van der Waals surface area contributed by atoms with E-state index in [1.807, 2.05) is 31.2 Å². The highest BCUT2D eigenvalue weighted by Gasteiger charge is 2.41. The lowest BCUT2D eigenvalue weighted by Crippen LogP contribution is -2.47. The maximum absolute atomic E-state index is 12.7. The summed E-state index contributed by atoms with van der Waals surface area (Å²) in [6.07, 6.45) is 1.24. The van der Waals surface area contributed by atoms with Crippen molar-refractivity contribution in [2.24, 2.45) is 5.92 Å². The summed E-state index contributed by atoms with van der Waals surface area (Å²) in [5, 5.41) is 9.59. The van der Waals surface area contributed by atoms with E-state index in [0.29, 0.717) is 26.0 Å². The number of hydrogen-bond donors (Lipinski definition) is 1. The van der Waals surface area contributed by atoms with Crippen LogP contribution in [0.15, 0.2) is 24.3 Å². The van der Waals surface area contributed by atoms with Crippen molar-refractivity contribution in [2.45, 2.75) is 31.9 Å². The lowest BCUT2D eigenvalue weighted by Gasteiger charge is -2.36. The Labute approximate surface area is 123 Å². The van der Waals surface area contributed by atoms with Crippen molar-refractivity contribution < 1.29 is 19.4 Å². The van der Waals surface area contributed by atoms with Crippen LogP contribution in [0.4, 0.5) is 0 Å². The standard InChI is InChI=1S/C16H19NO4/c1-10-12(7-9-21-10)15(18)17-8-6-11-4-2-3-5-13(11)14(17)16(19)20/h2-5,10,12,14H,6-9H2,1H3,(H,19,20). The van der Waals surface area contributed by atoms with Gasteiger partial charge in [-0.3, -0.25) is 4.79 Å². The molecule has 1 aromatic rings. The van der Waals surface area contributed by atoms with Gasteiger partial charge >= 0.3 is 5.97 Å². The molecule has 1 saturated heterocycles. The summed E-state index contributed by atoms with van der Waals surface area (Å²) >= 11 is 0. The van der Waals surface area contributed by atoms with Gasteiger partial charge in [-0.05, 0) is 30.9 Å². The summed E-state index contributed by atoms with van der Waals surface area (Å²) in [7, 11) is 0. The molecule has 2 heterocycles. The Bertz CT molecular complexity index is 571. The minimum Gasteiger partial charge on any atom is -0.479 e. The average Bonchev–Trinajstić information content (AvgIpc) is 2.91. The molecule has 0 radical (unpaired) electrons. The molecule has 0 aromatic heterocycles. The van der Waals surface area contributed by atoms with E-state index in [1.165, 1.54) is 4.90 Å². The van der Waals surface area contributed by atoms with Crippen molar-refractivity contribution in [3.05, 3.63) is 35.4 Å². The second kappa shape index (κ2) is 5.48. The van der Waals surface area contributed by atoms with Gasteiger partial charge in [-0.15, -0.1) is 0 Å². The fourth-order valence-electron chi connectivity index (χ4n) is 3.34. The molecular formula is C16H19NO4. The van der Waals surface area contributed by atoms with Crippen molar-refractivity contribution in [1.29, 1.82) is 0 Å². The smallest absolute Gasteiger partial charge is 0.331 e. The summed E-state index contributed by atoms with van der Waals surface area (Å²) in [5.74, 6) is -1.29. The van der Waals surface area contributed by atoms with Crippen LogP contribution in [0.5, 0.6) is 0 Å². The van der Waals surface area contributed by atoms with E-state index in [1.54, 1.807) is 0 Å². The van der Waals surface area contributed by atoms with Crippen LogP contribution in [-0.2, 0) is 20.7 Å². The maximum Gasteiger partial charge on any atom is 0.331 e. The highest BCUT2D eigenvalue weighted by molar-refractivity contribution is 5.87. The Morgan fingerprint density at radius 1 is 1.33 bits per heavy atom. The second-order valence-corrected chi connectivity index (χ2v) is 5.69. The largest absolute Gasteiger partial charge is 0.479 e. The molecule has 5 heteroatoms. The summed E-state index contributed by atoms with van der Waals surface area (Å²) in [5.41, 5.74) is 1.75. The van der Waals surface area contributed by atoms with E-state index in [2.05, 4.69) is 0 Å². The maximum atomic E-state index is 12.7. The highest BCUT2D eigenvalue weighted by Crippen LogP contribution is 2.33. The lowest BCUT2D eigenvalue weighted by molar-refractivity contribution is -0.153. The zero-order chi connectivity index (χ0) is 15.0. The Morgan fingerprint density at radius 3 is 2.76 bits per heavy atom. The van der Waals surface area contributed by atoms with Crippen LogP contribution < -0.4 is 0 Å². The molecule has 112 valence electrons. The van der Waals surface area contributed by atoms with Crippen molar-refractivity contribution >= 4 is 11.9 Å². The third kappa shape index (κ3) is 2.42. The van der Waals surface area contributed by atoms with Gasteiger partial charge in [-0.2, -0.15) is 0 Å². The number of fused-ring (bicyclic) bond motifs is 1. The number of carboxylic acid groups (broad SMARTS) is 1. The van der Waals surface area contributed by atoms with E-state index in [9.17, 15) is 14.7 Å². The Kier molecular flexibility index (Phi) is 3.68. The van der Waals surface area contributed by atoms with Gasteiger partial charge in [0.1, 0.15) is 0 Å². The van der Waals surface area contributed by atoms with Gasteiger partial charge in [-0.1, -0.05) is 24.3 Å². The van der Waals surface area contributed by atoms with Crippen molar-refractivity contribution in [3.8, 4) is 0 Å². The molecule has 21 heavy (non-hydrogen) atoms. The molecule has 1 amide bonds. The molecule has 1 aromatic carbocycles. The van der Waals surface area contributed by atoms with Crippen LogP contribution in [-0.4, -0.2) is 41.1 Å². The Morgan fingerprint density at radius 2 is 2.10 bits per heavy atom. The molecule has 1 N–H and O–H groups in total. The highest BCUT2D eigenvalue weighted by atomic mass is 16.5. The molecule has 2 aliphatic heterocycles. The average molecular weight is 289 g/mol. The Balaban J connectivity index is 1.92. The van der Waals surface area contributed by atoms with Crippen molar-refractivity contribution in [1.82, 2.24) is 4.90 Å². The zero-order valence-corrected chi connectivity index (χ0v) is 12.0. The number of amides is 1. The summed E-state index contributed by atoms with van der Waals surface area (Å²) in [6, 6.07) is 6.60. The normalized spacial score (nSPS) is 28.2.